The van der Waals surface area contributed by atoms with Gasteiger partial charge in [-0.25, -0.2) is 4.39 Å². The van der Waals surface area contributed by atoms with Crippen molar-refractivity contribution < 1.29 is 9.18 Å². The van der Waals surface area contributed by atoms with Crippen LogP contribution >= 0.6 is 23.1 Å². The van der Waals surface area contributed by atoms with Crippen molar-refractivity contribution in [2.45, 2.75) is 30.8 Å². The molecule has 3 rings (SSSR count). The summed E-state index contributed by atoms with van der Waals surface area (Å²) < 4.78 is 14.9. The predicted molar refractivity (Wildman–Crippen MR) is 99.4 cm³/mol. The van der Waals surface area contributed by atoms with E-state index >= 15 is 0 Å². The van der Waals surface area contributed by atoms with Gasteiger partial charge in [0.1, 0.15) is 5.82 Å². The minimum atomic E-state index is -0.365. The van der Waals surface area contributed by atoms with E-state index in [-0.39, 0.29) is 17.0 Å². The van der Waals surface area contributed by atoms with Crippen molar-refractivity contribution in [3.63, 3.8) is 0 Å². The molecule has 0 aliphatic rings. The number of anilines is 1. The standard InChI is InChI=1S/C17H17FN4OS2/c1-3-22-15(14-5-4-10-24-14)20-21-17(22)25-11(2)16(23)19-13-8-6-12(18)7-9-13/h4-11H,3H2,1-2H3,(H,19,23). The Morgan fingerprint density at radius 1 is 1.32 bits per heavy atom. The number of thiophene rings is 1. The van der Waals surface area contributed by atoms with Crippen LogP contribution in [0.1, 0.15) is 13.8 Å². The fraction of sp³-hybridized carbons (Fsp3) is 0.235. The Labute approximate surface area is 153 Å². The summed E-state index contributed by atoms with van der Waals surface area (Å²) in [6.07, 6.45) is 0. The highest BCUT2D eigenvalue weighted by Crippen LogP contribution is 2.29. The normalized spacial score (nSPS) is 12.1. The van der Waals surface area contributed by atoms with Gasteiger partial charge in [-0.1, -0.05) is 17.8 Å². The van der Waals surface area contributed by atoms with E-state index in [4.69, 9.17) is 0 Å². The third-order valence-electron chi connectivity index (χ3n) is 3.54. The molecule has 8 heteroatoms. The molecule has 0 radical (unpaired) electrons. The van der Waals surface area contributed by atoms with Crippen LogP contribution in [0.15, 0.2) is 46.9 Å². The van der Waals surface area contributed by atoms with Crippen molar-refractivity contribution >= 4 is 34.7 Å². The number of benzene rings is 1. The minimum Gasteiger partial charge on any atom is -0.325 e. The number of carbonyl (C=O) groups is 1. The number of hydrogen-bond donors (Lipinski definition) is 1. The van der Waals surface area contributed by atoms with E-state index in [1.807, 2.05) is 35.9 Å². The molecule has 1 atom stereocenters. The lowest BCUT2D eigenvalue weighted by atomic mass is 10.3. The molecule has 130 valence electrons. The molecule has 0 fully saturated rings. The predicted octanol–water partition coefficient (Wildman–Crippen LogP) is 4.28. The number of nitrogens with one attached hydrogen (secondary N) is 1. The summed E-state index contributed by atoms with van der Waals surface area (Å²) in [6, 6.07) is 9.67. The first-order valence-corrected chi connectivity index (χ1v) is 9.54. The molecule has 1 aromatic carbocycles. The second-order valence-corrected chi connectivity index (χ2v) is 7.54. The zero-order chi connectivity index (χ0) is 17.8. The van der Waals surface area contributed by atoms with Crippen LogP contribution in [0.4, 0.5) is 10.1 Å². The fourth-order valence-electron chi connectivity index (χ4n) is 2.24. The van der Waals surface area contributed by atoms with Gasteiger partial charge in [-0.05, 0) is 49.6 Å². The Kier molecular flexibility index (Phi) is 5.50. The van der Waals surface area contributed by atoms with Gasteiger partial charge in [-0.2, -0.15) is 0 Å². The number of amides is 1. The van der Waals surface area contributed by atoms with Gasteiger partial charge in [0, 0.05) is 12.2 Å². The van der Waals surface area contributed by atoms with E-state index in [0.29, 0.717) is 10.8 Å². The SMILES string of the molecule is CCn1c(SC(C)C(=O)Nc2ccc(F)cc2)nnc1-c1cccs1. The number of aromatic nitrogens is 3. The molecule has 5 nitrogen and oxygen atoms in total. The maximum atomic E-state index is 12.9. The molecule has 1 amide bonds. The van der Waals surface area contributed by atoms with Crippen LogP contribution in [0.25, 0.3) is 10.7 Å². The van der Waals surface area contributed by atoms with Crippen molar-refractivity contribution in [2.24, 2.45) is 0 Å². The lowest BCUT2D eigenvalue weighted by Gasteiger charge is -2.12. The second-order valence-electron chi connectivity index (χ2n) is 5.28. The van der Waals surface area contributed by atoms with Crippen LogP contribution in [0.5, 0.6) is 0 Å². The topological polar surface area (TPSA) is 59.8 Å². The summed E-state index contributed by atoms with van der Waals surface area (Å²) in [5, 5.41) is 13.6. The van der Waals surface area contributed by atoms with Crippen LogP contribution < -0.4 is 5.32 Å². The molecule has 0 saturated carbocycles. The molecule has 0 aliphatic carbocycles. The summed E-state index contributed by atoms with van der Waals surface area (Å²) in [5.41, 5.74) is 0.565. The van der Waals surface area contributed by atoms with Gasteiger partial charge in [0.2, 0.25) is 5.91 Å². The average molecular weight is 376 g/mol. The third kappa shape index (κ3) is 4.08. The molecule has 0 aliphatic heterocycles. The second kappa shape index (κ2) is 7.79. The molecule has 0 saturated heterocycles. The summed E-state index contributed by atoms with van der Waals surface area (Å²) in [6.45, 7) is 4.55. The van der Waals surface area contributed by atoms with Crippen molar-refractivity contribution in [1.29, 1.82) is 0 Å². The zero-order valence-electron chi connectivity index (χ0n) is 13.8. The van der Waals surface area contributed by atoms with E-state index in [1.54, 1.807) is 11.3 Å². The number of nitrogens with zero attached hydrogens (tertiary/aromatic N) is 3. The van der Waals surface area contributed by atoms with Crippen molar-refractivity contribution in [1.82, 2.24) is 14.8 Å². The van der Waals surface area contributed by atoms with Gasteiger partial charge in [0.25, 0.3) is 0 Å². The van der Waals surface area contributed by atoms with Crippen LogP contribution in [0, 0.1) is 5.82 Å². The Morgan fingerprint density at radius 3 is 2.72 bits per heavy atom. The first kappa shape index (κ1) is 17.6. The maximum absolute atomic E-state index is 12.9. The summed E-state index contributed by atoms with van der Waals surface area (Å²) in [7, 11) is 0. The number of hydrogen-bond acceptors (Lipinski definition) is 5. The Bertz CT molecular complexity index is 846. The Morgan fingerprint density at radius 2 is 2.08 bits per heavy atom. The molecular formula is C17H17FN4OS2. The Hall–Kier alpha value is -2.19. The Balaban J connectivity index is 1.71. The first-order chi connectivity index (χ1) is 12.1. The van der Waals surface area contributed by atoms with Crippen LogP contribution in [-0.4, -0.2) is 25.9 Å². The van der Waals surface area contributed by atoms with Crippen molar-refractivity contribution in [3.8, 4) is 10.7 Å². The molecular weight excluding hydrogens is 359 g/mol. The number of rotatable bonds is 6. The summed E-state index contributed by atoms with van der Waals surface area (Å²) in [4.78, 5) is 13.4. The monoisotopic (exact) mass is 376 g/mol. The maximum Gasteiger partial charge on any atom is 0.237 e. The van der Waals surface area contributed by atoms with E-state index < -0.39 is 0 Å². The lowest BCUT2D eigenvalue weighted by molar-refractivity contribution is -0.115. The molecule has 2 heterocycles. The highest BCUT2D eigenvalue weighted by molar-refractivity contribution is 8.00. The average Bonchev–Trinajstić information content (AvgIpc) is 3.25. The molecule has 1 N–H and O–H groups in total. The number of thioether (sulfide) groups is 1. The largest absolute Gasteiger partial charge is 0.325 e. The van der Waals surface area contributed by atoms with Gasteiger partial charge in [-0.15, -0.1) is 21.5 Å². The van der Waals surface area contributed by atoms with Gasteiger partial charge < -0.3 is 9.88 Å². The van der Waals surface area contributed by atoms with Crippen LogP contribution in [0.3, 0.4) is 0 Å². The molecule has 0 bridgehead atoms. The number of carbonyl (C=O) groups excluding carboxylic acids is 1. The molecule has 1 unspecified atom stereocenters. The highest BCUT2D eigenvalue weighted by Gasteiger charge is 2.20. The van der Waals surface area contributed by atoms with E-state index in [1.165, 1.54) is 36.0 Å². The van der Waals surface area contributed by atoms with Crippen LogP contribution in [-0.2, 0) is 11.3 Å². The molecule has 2 aromatic heterocycles. The van der Waals surface area contributed by atoms with Crippen molar-refractivity contribution in [3.05, 3.63) is 47.6 Å². The van der Waals surface area contributed by atoms with Gasteiger partial charge in [0.15, 0.2) is 11.0 Å². The van der Waals surface area contributed by atoms with Gasteiger partial charge in [-0.3, -0.25) is 4.79 Å². The quantitative estimate of drug-likeness (QED) is 0.652. The zero-order valence-corrected chi connectivity index (χ0v) is 15.4. The first-order valence-electron chi connectivity index (χ1n) is 7.78. The number of halogens is 1. The lowest BCUT2D eigenvalue weighted by Crippen LogP contribution is -2.22. The minimum absolute atomic E-state index is 0.167. The summed E-state index contributed by atoms with van der Waals surface area (Å²) in [5.74, 6) is 0.309. The molecule has 0 spiro atoms. The van der Waals surface area contributed by atoms with Gasteiger partial charge in [0.05, 0.1) is 10.1 Å². The van der Waals surface area contributed by atoms with E-state index in [9.17, 15) is 9.18 Å². The molecule has 3 aromatic rings. The van der Waals surface area contributed by atoms with Crippen molar-refractivity contribution in [2.75, 3.05) is 5.32 Å². The van der Waals surface area contributed by atoms with E-state index in [0.717, 1.165) is 17.2 Å². The van der Waals surface area contributed by atoms with Crippen LogP contribution in [0.2, 0.25) is 0 Å². The van der Waals surface area contributed by atoms with Gasteiger partial charge >= 0.3 is 0 Å². The summed E-state index contributed by atoms with van der Waals surface area (Å²) >= 11 is 2.96. The highest BCUT2D eigenvalue weighted by atomic mass is 32.2. The smallest absolute Gasteiger partial charge is 0.237 e. The fourth-order valence-corrected chi connectivity index (χ4v) is 3.87. The van der Waals surface area contributed by atoms with E-state index in [2.05, 4.69) is 15.5 Å². The third-order valence-corrected chi connectivity index (χ3v) is 5.48. The molecule has 25 heavy (non-hydrogen) atoms.